The third-order valence-corrected chi connectivity index (χ3v) is 4.20. The Balaban J connectivity index is 1.55. The van der Waals surface area contributed by atoms with Crippen LogP contribution in [0.1, 0.15) is 21.5 Å². The fourth-order valence-corrected chi connectivity index (χ4v) is 2.72. The minimum absolute atomic E-state index is 0.248. The quantitative estimate of drug-likeness (QED) is 0.667. The Kier molecular flexibility index (Phi) is 6.06. The lowest BCUT2D eigenvalue weighted by molar-refractivity contribution is 0.0600. The number of ether oxygens (including phenoxy) is 1. The molecule has 3 aromatic rings. The summed E-state index contributed by atoms with van der Waals surface area (Å²) in [6.07, 6.45) is 3.69. The Hall–Kier alpha value is -3.61. The van der Waals surface area contributed by atoms with Crippen LogP contribution in [0.15, 0.2) is 67.0 Å². The molecule has 0 saturated heterocycles. The van der Waals surface area contributed by atoms with Gasteiger partial charge in [-0.25, -0.2) is 9.59 Å². The fourth-order valence-electron chi connectivity index (χ4n) is 2.72. The first kappa shape index (κ1) is 19.2. The van der Waals surface area contributed by atoms with E-state index < -0.39 is 5.97 Å². The number of anilines is 1. The van der Waals surface area contributed by atoms with Gasteiger partial charge in [-0.05, 0) is 29.8 Å². The van der Waals surface area contributed by atoms with Gasteiger partial charge in [0.25, 0.3) is 0 Å². The highest BCUT2D eigenvalue weighted by molar-refractivity contribution is 5.92. The van der Waals surface area contributed by atoms with Crippen LogP contribution < -0.4 is 5.32 Å². The molecule has 0 radical (unpaired) electrons. The monoisotopic (exact) mass is 378 g/mol. The number of rotatable bonds is 6. The molecule has 3 rings (SSSR count). The molecule has 0 spiro atoms. The van der Waals surface area contributed by atoms with Gasteiger partial charge in [0.15, 0.2) is 0 Å². The van der Waals surface area contributed by atoms with Crippen molar-refractivity contribution in [1.82, 2.24) is 14.7 Å². The average molecular weight is 378 g/mol. The molecule has 2 aromatic carbocycles. The third-order valence-electron chi connectivity index (χ3n) is 4.20. The van der Waals surface area contributed by atoms with Crippen LogP contribution in [0.2, 0.25) is 0 Å². The molecule has 7 nitrogen and oxygen atoms in total. The van der Waals surface area contributed by atoms with Crippen LogP contribution in [0, 0.1) is 0 Å². The van der Waals surface area contributed by atoms with Gasteiger partial charge in [-0.1, -0.05) is 30.3 Å². The second kappa shape index (κ2) is 8.85. The molecule has 0 aliphatic carbocycles. The van der Waals surface area contributed by atoms with Gasteiger partial charge >= 0.3 is 12.0 Å². The summed E-state index contributed by atoms with van der Waals surface area (Å²) in [5, 5.41) is 7.16. The summed E-state index contributed by atoms with van der Waals surface area (Å²) in [5.74, 6) is -0.414. The molecule has 1 N–H and O–H groups in total. The Bertz CT molecular complexity index is 936. The SMILES string of the molecule is COC(=O)c1ccc(NC(=O)N(C)Cc2cnn(Cc3ccccc3)c2)cc1. The molecule has 0 unspecified atom stereocenters. The normalized spacial score (nSPS) is 10.4. The van der Waals surface area contributed by atoms with Gasteiger partial charge in [0.1, 0.15) is 0 Å². The van der Waals surface area contributed by atoms with E-state index in [1.807, 2.05) is 41.2 Å². The summed E-state index contributed by atoms with van der Waals surface area (Å²) in [6.45, 7) is 1.12. The Morgan fingerprint density at radius 3 is 2.46 bits per heavy atom. The lowest BCUT2D eigenvalue weighted by Crippen LogP contribution is -2.30. The maximum absolute atomic E-state index is 12.4. The van der Waals surface area contributed by atoms with Crippen molar-refractivity contribution >= 4 is 17.7 Å². The number of carbonyl (C=O) groups is 2. The number of hydrogen-bond acceptors (Lipinski definition) is 4. The van der Waals surface area contributed by atoms with Crippen molar-refractivity contribution in [3.05, 3.63) is 83.7 Å². The first-order valence-electron chi connectivity index (χ1n) is 8.81. The number of aromatic nitrogens is 2. The van der Waals surface area contributed by atoms with Crippen LogP contribution >= 0.6 is 0 Å². The highest BCUT2D eigenvalue weighted by Crippen LogP contribution is 2.12. The molecule has 0 aliphatic rings. The predicted molar refractivity (Wildman–Crippen MR) is 106 cm³/mol. The lowest BCUT2D eigenvalue weighted by Gasteiger charge is -2.17. The molecule has 2 amide bonds. The topological polar surface area (TPSA) is 76.5 Å². The molecule has 0 aliphatic heterocycles. The number of nitrogens with one attached hydrogen (secondary N) is 1. The minimum Gasteiger partial charge on any atom is -0.465 e. The molecule has 1 aromatic heterocycles. The Morgan fingerprint density at radius 1 is 1.07 bits per heavy atom. The van der Waals surface area contributed by atoms with Gasteiger partial charge in [0, 0.05) is 24.5 Å². The van der Waals surface area contributed by atoms with Crippen molar-refractivity contribution in [3.63, 3.8) is 0 Å². The summed E-state index contributed by atoms with van der Waals surface area (Å²) in [6, 6.07) is 16.4. The van der Waals surface area contributed by atoms with E-state index in [1.54, 1.807) is 42.4 Å². The van der Waals surface area contributed by atoms with Crippen molar-refractivity contribution < 1.29 is 14.3 Å². The van der Waals surface area contributed by atoms with Crippen LogP contribution in [0.5, 0.6) is 0 Å². The molecular weight excluding hydrogens is 356 g/mol. The van der Waals surface area contributed by atoms with Crippen molar-refractivity contribution in [2.75, 3.05) is 19.5 Å². The second-order valence-corrected chi connectivity index (χ2v) is 6.39. The van der Waals surface area contributed by atoms with Crippen LogP contribution in [0.4, 0.5) is 10.5 Å². The van der Waals surface area contributed by atoms with Gasteiger partial charge in [0.05, 0.1) is 32.0 Å². The van der Waals surface area contributed by atoms with Gasteiger partial charge < -0.3 is 15.0 Å². The zero-order valence-electron chi connectivity index (χ0n) is 15.8. The van der Waals surface area contributed by atoms with Gasteiger partial charge in [-0.3, -0.25) is 4.68 Å². The standard InChI is InChI=1S/C21H22N4O3/c1-24(21(27)23-19-10-8-18(9-11-19)20(26)28-2)13-17-12-22-25(15-17)14-16-6-4-3-5-7-16/h3-12,15H,13-14H2,1-2H3,(H,23,27). The van der Waals surface area contributed by atoms with E-state index in [0.717, 1.165) is 5.56 Å². The lowest BCUT2D eigenvalue weighted by atomic mass is 10.2. The highest BCUT2D eigenvalue weighted by atomic mass is 16.5. The second-order valence-electron chi connectivity index (χ2n) is 6.39. The molecule has 7 heteroatoms. The average Bonchev–Trinajstić information content (AvgIpc) is 3.15. The molecule has 28 heavy (non-hydrogen) atoms. The van der Waals surface area contributed by atoms with E-state index in [2.05, 4.69) is 15.2 Å². The number of methoxy groups -OCH3 is 1. The summed E-state index contributed by atoms with van der Waals surface area (Å²) < 4.78 is 6.51. The fraction of sp³-hybridized carbons (Fsp3) is 0.190. The molecule has 0 bridgehead atoms. The van der Waals surface area contributed by atoms with Crippen molar-refractivity contribution in [2.24, 2.45) is 0 Å². The largest absolute Gasteiger partial charge is 0.465 e. The molecule has 144 valence electrons. The summed E-state index contributed by atoms with van der Waals surface area (Å²) in [5.41, 5.74) is 3.14. The molecular formula is C21H22N4O3. The van der Waals surface area contributed by atoms with Crippen molar-refractivity contribution in [2.45, 2.75) is 13.1 Å². The number of urea groups is 1. The first-order valence-corrected chi connectivity index (χ1v) is 8.81. The van der Waals surface area contributed by atoms with E-state index in [1.165, 1.54) is 12.7 Å². The highest BCUT2D eigenvalue weighted by Gasteiger charge is 2.12. The number of esters is 1. The Labute approximate surface area is 163 Å². The van der Waals surface area contributed by atoms with E-state index in [-0.39, 0.29) is 6.03 Å². The Morgan fingerprint density at radius 2 is 1.79 bits per heavy atom. The van der Waals surface area contributed by atoms with Gasteiger partial charge in [-0.2, -0.15) is 5.10 Å². The number of hydrogen-bond donors (Lipinski definition) is 1. The van der Waals surface area contributed by atoms with E-state index in [9.17, 15) is 9.59 Å². The summed E-state index contributed by atoms with van der Waals surface area (Å²) >= 11 is 0. The number of nitrogens with zero attached hydrogens (tertiary/aromatic N) is 3. The molecule has 0 atom stereocenters. The predicted octanol–water partition coefficient (Wildman–Crippen LogP) is 3.38. The van der Waals surface area contributed by atoms with Crippen LogP contribution in [-0.4, -0.2) is 40.8 Å². The van der Waals surface area contributed by atoms with Crippen LogP contribution in [0.3, 0.4) is 0 Å². The zero-order valence-corrected chi connectivity index (χ0v) is 15.8. The van der Waals surface area contributed by atoms with Crippen molar-refractivity contribution in [3.8, 4) is 0 Å². The third kappa shape index (κ3) is 4.97. The minimum atomic E-state index is -0.414. The van der Waals surface area contributed by atoms with Gasteiger partial charge in [0.2, 0.25) is 0 Å². The number of amides is 2. The van der Waals surface area contributed by atoms with Crippen LogP contribution in [0.25, 0.3) is 0 Å². The van der Waals surface area contributed by atoms with Gasteiger partial charge in [-0.15, -0.1) is 0 Å². The molecule has 0 saturated carbocycles. The van der Waals surface area contributed by atoms with Crippen molar-refractivity contribution in [1.29, 1.82) is 0 Å². The number of benzene rings is 2. The van der Waals surface area contributed by atoms with Crippen LogP contribution in [-0.2, 0) is 17.8 Å². The molecule has 0 fully saturated rings. The van der Waals surface area contributed by atoms with E-state index in [0.29, 0.717) is 24.3 Å². The summed E-state index contributed by atoms with van der Waals surface area (Å²) in [4.78, 5) is 25.4. The number of carbonyl (C=O) groups excluding carboxylic acids is 2. The maximum Gasteiger partial charge on any atom is 0.337 e. The zero-order chi connectivity index (χ0) is 19.9. The smallest absolute Gasteiger partial charge is 0.337 e. The maximum atomic E-state index is 12.4. The van der Waals surface area contributed by atoms with E-state index >= 15 is 0 Å². The summed E-state index contributed by atoms with van der Waals surface area (Å²) in [7, 11) is 3.04. The first-order chi connectivity index (χ1) is 13.5. The molecule has 1 heterocycles. The van der Waals surface area contributed by atoms with E-state index in [4.69, 9.17) is 0 Å².